The number of hydrogen-bond donors (Lipinski definition) is 0. The highest BCUT2D eigenvalue weighted by Gasteiger charge is 2.42. The summed E-state index contributed by atoms with van der Waals surface area (Å²) in [4.78, 5) is 14.7. The summed E-state index contributed by atoms with van der Waals surface area (Å²) in [6.07, 6.45) is 5.02. The molecular weight excluding hydrogens is 415 g/mol. The van der Waals surface area contributed by atoms with Gasteiger partial charge in [-0.05, 0) is 43.0 Å². The molecule has 5 nitrogen and oxygen atoms in total. The maximum Gasteiger partial charge on any atom is 0.338 e. The lowest BCUT2D eigenvalue weighted by molar-refractivity contribution is 0.215. The molecule has 154 valence electrons. The first kappa shape index (κ1) is 20.2. The van der Waals surface area contributed by atoms with Gasteiger partial charge in [-0.2, -0.15) is 0 Å². The van der Waals surface area contributed by atoms with Gasteiger partial charge in [-0.3, -0.25) is 4.90 Å². The van der Waals surface area contributed by atoms with Crippen LogP contribution in [0.25, 0.3) is 0 Å². The number of carbonyl (C=O) groups is 1. The molecule has 2 amide bonds. The number of fused-ring (bicyclic) bond motifs is 1. The summed E-state index contributed by atoms with van der Waals surface area (Å²) in [6.45, 7) is 0.00897. The van der Waals surface area contributed by atoms with Crippen molar-refractivity contribution in [3.8, 4) is 0 Å². The van der Waals surface area contributed by atoms with E-state index in [1.807, 2.05) is 0 Å². The van der Waals surface area contributed by atoms with Gasteiger partial charge in [-0.1, -0.05) is 49.1 Å². The summed E-state index contributed by atoms with van der Waals surface area (Å²) in [5.74, 6) is -0.387. The van der Waals surface area contributed by atoms with E-state index in [0.29, 0.717) is 0 Å². The molecule has 0 radical (unpaired) electrons. The van der Waals surface area contributed by atoms with E-state index in [2.05, 4.69) is 0 Å². The average molecular weight is 437 g/mol. The van der Waals surface area contributed by atoms with E-state index in [-0.39, 0.29) is 40.2 Å². The van der Waals surface area contributed by atoms with Crippen LogP contribution in [0, 0.1) is 11.7 Å². The number of sulfonamides is 1. The maximum atomic E-state index is 14.4. The molecule has 0 atom stereocenters. The van der Waals surface area contributed by atoms with Crippen LogP contribution in [0.5, 0.6) is 0 Å². The Balaban J connectivity index is 1.75. The molecule has 0 unspecified atom stereocenters. The largest absolute Gasteiger partial charge is 0.338 e. The molecule has 2 aromatic carbocycles. The fraction of sp³-hybridized carbons (Fsp3) is 0.381. The molecule has 0 spiro atoms. The Morgan fingerprint density at radius 1 is 1.03 bits per heavy atom. The van der Waals surface area contributed by atoms with Crippen molar-refractivity contribution in [2.24, 2.45) is 5.92 Å². The van der Waals surface area contributed by atoms with E-state index in [4.69, 9.17) is 11.6 Å². The van der Waals surface area contributed by atoms with Crippen LogP contribution in [0.15, 0.2) is 47.4 Å². The zero-order chi connectivity index (χ0) is 20.6. The molecule has 0 aromatic heterocycles. The van der Waals surface area contributed by atoms with Crippen LogP contribution < -0.4 is 4.90 Å². The lowest BCUT2D eigenvalue weighted by Gasteiger charge is -2.38. The Bertz CT molecular complexity index is 1020. The van der Waals surface area contributed by atoms with Crippen molar-refractivity contribution in [1.82, 2.24) is 4.31 Å². The first-order chi connectivity index (χ1) is 13.9. The number of urea groups is 1. The van der Waals surface area contributed by atoms with Gasteiger partial charge in [-0.25, -0.2) is 21.9 Å². The van der Waals surface area contributed by atoms with E-state index in [0.717, 1.165) is 36.4 Å². The Hall–Kier alpha value is -2.12. The van der Waals surface area contributed by atoms with Crippen molar-refractivity contribution in [3.63, 3.8) is 0 Å². The van der Waals surface area contributed by atoms with E-state index in [1.165, 1.54) is 23.1 Å². The quantitative estimate of drug-likeness (QED) is 0.662. The molecule has 1 aliphatic heterocycles. The fourth-order valence-corrected chi connectivity index (χ4v) is 6.00. The lowest BCUT2D eigenvalue weighted by atomic mass is 9.89. The third-order valence-electron chi connectivity index (χ3n) is 5.70. The Morgan fingerprint density at radius 2 is 1.76 bits per heavy atom. The molecule has 1 fully saturated rings. The summed E-state index contributed by atoms with van der Waals surface area (Å²) < 4.78 is 41.7. The lowest BCUT2D eigenvalue weighted by Crippen LogP contribution is -2.52. The number of amides is 2. The van der Waals surface area contributed by atoms with E-state index in [9.17, 15) is 17.6 Å². The number of benzene rings is 2. The van der Waals surface area contributed by atoms with Crippen molar-refractivity contribution >= 4 is 33.3 Å². The van der Waals surface area contributed by atoms with Crippen molar-refractivity contribution < 1.29 is 17.6 Å². The summed E-state index contributed by atoms with van der Waals surface area (Å²) in [7, 11) is -3.96. The molecule has 1 saturated carbocycles. The predicted octanol–water partition coefficient (Wildman–Crippen LogP) is 5.19. The highest BCUT2D eigenvalue weighted by Crippen LogP contribution is 2.37. The Morgan fingerprint density at radius 3 is 2.48 bits per heavy atom. The second-order valence-electron chi connectivity index (χ2n) is 7.58. The van der Waals surface area contributed by atoms with Gasteiger partial charge in [0, 0.05) is 17.1 Å². The van der Waals surface area contributed by atoms with Gasteiger partial charge in [-0.15, -0.1) is 0 Å². The molecular formula is C21H22ClFN2O3S. The van der Waals surface area contributed by atoms with Crippen molar-refractivity contribution in [2.75, 3.05) is 11.4 Å². The molecule has 1 aliphatic carbocycles. The number of rotatable bonds is 4. The van der Waals surface area contributed by atoms with Crippen molar-refractivity contribution in [2.45, 2.75) is 43.5 Å². The third-order valence-corrected chi connectivity index (χ3v) is 7.84. The van der Waals surface area contributed by atoms with E-state index >= 15 is 0 Å². The van der Waals surface area contributed by atoms with Crippen LogP contribution in [-0.4, -0.2) is 25.3 Å². The molecule has 0 saturated heterocycles. The summed E-state index contributed by atoms with van der Waals surface area (Å²) in [6, 6.07) is 10.0. The van der Waals surface area contributed by atoms with Gasteiger partial charge in [0.25, 0.3) is 10.0 Å². The van der Waals surface area contributed by atoms with Crippen LogP contribution >= 0.6 is 11.6 Å². The van der Waals surface area contributed by atoms with Gasteiger partial charge < -0.3 is 0 Å². The smallest absolute Gasteiger partial charge is 0.288 e. The fourth-order valence-electron chi connectivity index (χ4n) is 4.13. The highest BCUT2D eigenvalue weighted by atomic mass is 35.5. The van der Waals surface area contributed by atoms with E-state index in [1.54, 1.807) is 24.3 Å². The molecule has 4 rings (SSSR count). The number of hydrogen-bond acceptors (Lipinski definition) is 3. The van der Waals surface area contributed by atoms with Crippen LogP contribution in [-0.2, 0) is 16.6 Å². The first-order valence-corrected chi connectivity index (χ1v) is 11.6. The Labute approximate surface area is 175 Å². The second kappa shape index (κ2) is 7.95. The molecule has 29 heavy (non-hydrogen) atoms. The monoisotopic (exact) mass is 436 g/mol. The van der Waals surface area contributed by atoms with Crippen LogP contribution in [0.2, 0.25) is 5.02 Å². The first-order valence-electron chi connectivity index (χ1n) is 9.76. The van der Waals surface area contributed by atoms with Crippen molar-refractivity contribution in [1.29, 1.82) is 0 Å². The van der Waals surface area contributed by atoms with Gasteiger partial charge in [0.1, 0.15) is 10.7 Å². The van der Waals surface area contributed by atoms with Gasteiger partial charge in [0.2, 0.25) is 0 Å². The molecule has 1 heterocycles. The standard InChI is InChI=1S/C21H22ClFN2O3S/c22-17-9-6-10-18(23)16(17)14-24-19-11-4-5-12-20(19)29(27,28)25(21(24)26)13-15-7-2-1-3-8-15/h4-6,9-12,15H,1-3,7-8,13-14H2. The number of para-hydroxylation sites is 1. The second-order valence-corrected chi connectivity index (χ2v) is 9.81. The summed E-state index contributed by atoms with van der Waals surface area (Å²) in [5, 5.41) is 0.197. The van der Waals surface area contributed by atoms with Gasteiger partial charge >= 0.3 is 6.03 Å². The van der Waals surface area contributed by atoms with Crippen molar-refractivity contribution in [3.05, 3.63) is 58.9 Å². The maximum absolute atomic E-state index is 14.4. The number of anilines is 1. The van der Waals surface area contributed by atoms with Crippen LogP contribution in [0.4, 0.5) is 14.9 Å². The van der Waals surface area contributed by atoms with Crippen LogP contribution in [0.1, 0.15) is 37.7 Å². The third kappa shape index (κ3) is 3.73. The number of nitrogens with zero attached hydrogens (tertiary/aromatic N) is 2. The minimum Gasteiger partial charge on any atom is -0.288 e. The topological polar surface area (TPSA) is 57.7 Å². The summed E-state index contributed by atoms with van der Waals surface area (Å²) in [5.41, 5.74) is 0.408. The van der Waals surface area contributed by atoms with Crippen LogP contribution in [0.3, 0.4) is 0 Å². The zero-order valence-electron chi connectivity index (χ0n) is 15.9. The Kier molecular flexibility index (Phi) is 5.53. The number of carbonyl (C=O) groups excluding carboxylic acids is 1. The zero-order valence-corrected chi connectivity index (χ0v) is 17.4. The number of halogens is 2. The molecule has 0 N–H and O–H groups in total. The molecule has 0 bridgehead atoms. The van der Waals surface area contributed by atoms with E-state index < -0.39 is 21.9 Å². The highest BCUT2D eigenvalue weighted by molar-refractivity contribution is 7.90. The molecule has 8 heteroatoms. The minimum atomic E-state index is -3.96. The predicted molar refractivity (Wildman–Crippen MR) is 110 cm³/mol. The average Bonchev–Trinajstić information content (AvgIpc) is 2.71. The summed E-state index contributed by atoms with van der Waals surface area (Å²) >= 11 is 6.16. The normalized spacial score (nSPS) is 19.3. The molecule has 2 aliphatic rings. The SMILES string of the molecule is O=C1N(Cc2c(F)cccc2Cl)c2ccccc2S(=O)(=O)N1CC1CCCCC1. The minimum absolute atomic E-state index is 0.0582. The van der Waals surface area contributed by atoms with Gasteiger partial charge in [0.15, 0.2) is 0 Å². The molecule has 2 aromatic rings. The van der Waals surface area contributed by atoms with Gasteiger partial charge in [0.05, 0.1) is 12.2 Å².